The lowest BCUT2D eigenvalue weighted by Crippen LogP contribution is -2.42. The van der Waals surface area contributed by atoms with Gasteiger partial charge in [-0.2, -0.15) is 5.10 Å². The van der Waals surface area contributed by atoms with Crippen LogP contribution < -0.4 is 0 Å². The first-order valence-electron chi connectivity index (χ1n) is 6.41. The van der Waals surface area contributed by atoms with Crippen molar-refractivity contribution in [3.05, 3.63) is 16.9 Å². The second kappa shape index (κ2) is 5.19. The zero-order chi connectivity index (χ0) is 13.3. The molecule has 0 spiro atoms. The molecule has 1 N–H and O–H groups in total. The number of halogens is 1. The molecular formula is C13H21ClN2O2. The Kier molecular flexibility index (Phi) is 3.99. The van der Waals surface area contributed by atoms with E-state index in [1.807, 2.05) is 0 Å². The highest BCUT2D eigenvalue weighted by Crippen LogP contribution is 2.44. The summed E-state index contributed by atoms with van der Waals surface area (Å²) in [5.41, 5.74) is 0.122. The molecule has 1 unspecified atom stereocenters. The van der Waals surface area contributed by atoms with Crippen molar-refractivity contribution in [2.24, 2.45) is 13.0 Å². The zero-order valence-corrected chi connectivity index (χ0v) is 11.9. The van der Waals surface area contributed by atoms with Crippen LogP contribution in [0.4, 0.5) is 0 Å². The first-order valence-corrected chi connectivity index (χ1v) is 6.78. The third kappa shape index (κ3) is 2.29. The summed E-state index contributed by atoms with van der Waals surface area (Å²) in [6.45, 7) is 2.24. The summed E-state index contributed by atoms with van der Waals surface area (Å²) in [7, 11) is 3.46. The molecule has 1 aromatic heterocycles. The summed E-state index contributed by atoms with van der Waals surface area (Å²) >= 11 is 6.11. The summed E-state index contributed by atoms with van der Waals surface area (Å²) in [6, 6.07) is 0. The molecule has 1 atom stereocenters. The predicted molar refractivity (Wildman–Crippen MR) is 70.5 cm³/mol. The molecule has 102 valence electrons. The number of rotatable bonds is 3. The smallest absolute Gasteiger partial charge is 0.126 e. The summed E-state index contributed by atoms with van der Waals surface area (Å²) in [6.07, 6.45) is 4.69. The van der Waals surface area contributed by atoms with Crippen LogP contribution in [0.15, 0.2) is 6.20 Å². The van der Waals surface area contributed by atoms with Crippen molar-refractivity contribution in [2.75, 3.05) is 7.11 Å². The first kappa shape index (κ1) is 13.8. The van der Waals surface area contributed by atoms with Crippen LogP contribution in [0, 0.1) is 5.92 Å². The van der Waals surface area contributed by atoms with Crippen LogP contribution >= 0.6 is 11.6 Å². The Morgan fingerprint density at radius 3 is 2.61 bits per heavy atom. The molecule has 1 fully saturated rings. The molecular weight excluding hydrogens is 252 g/mol. The van der Waals surface area contributed by atoms with Crippen LogP contribution in [0.2, 0.25) is 5.02 Å². The van der Waals surface area contributed by atoms with Gasteiger partial charge in [-0.1, -0.05) is 18.5 Å². The number of aliphatic hydroxyl groups is 1. The normalized spacial score (nSPS) is 30.4. The van der Waals surface area contributed by atoms with E-state index in [-0.39, 0.29) is 0 Å². The second-order valence-electron chi connectivity index (χ2n) is 5.36. The molecule has 1 aromatic rings. The van der Waals surface area contributed by atoms with Crippen LogP contribution in [0.25, 0.3) is 0 Å². The van der Waals surface area contributed by atoms with E-state index in [9.17, 15) is 5.11 Å². The van der Waals surface area contributed by atoms with Crippen molar-refractivity contribution >= 4 is 11.6 Å². The SMILES string of the molecule is COC1(C(O)c2c(Cl)cnn2C)CCC(C)CC1. The van der Waals surface area contributed by atoms with Crippen LogP contribution in [0.1, 0.15) is 44.4 Å². The Balaban J connectivity index is 2.28. The Hall–Kier alpha value is -0.580. The average molecular weight is 273 g/mol. The number of nitrogens with zero attached hydrogens (tertiary/aromatic N) is 2. The molecule has 0 radical (unpaired) electrons. The number of aromatic nitrogens is 2. The molecule has 1 aliphatic rings. The van der Waals surface area contributed by atoms with E-state index in [4.69, 9.17) is 16.3 Å². The summed E-state index contributed by atoms with van der Waals surface area (Å²) < 4.78 is 7.30. The second-order valence-corrected chi connectivity index (χ2v) is 5.76. The highest BCUT2D eigenvalue weighted by atomic mass is 35.5. The van der Waals surface area contributed by atoms with E-state index < -0.39 is 11.7 Å². The van der Waals surface area contributed by atoms with Gasteiger partial charge < -0.3 is 9.84 Å². The maximum absolute atomic E-state index is 10.7. The molecule has 1 saturated carbocycles. The third-order valence-corrected chi connectivity index (χ3v) is 4.51. The van der Waals surface area contributed by atoms with E-state index >= 15 is 0 Å². The van der Waals surface area contributed by atoms with Crippen molar-refractivity contribution in [2.45, 2.75) is 44.3 Å². The fraction of sp³-hybridized carbons (Fsp3) is 0.769. The van der Waals surface area contributed by atoms with Gasteiger partial charge >= 0.3 is 0 Å². The van der Waals surface area contributed by atoms with Crippen molar-refractivity contribution in [3.8, 4) is 0 Å². The van der Waals surface area contributed by atoms with E-state index in [2.05, 4.69) is 12.0 Å². The van der Waals surface area contributed by atoms with E-state index in [0.29, 0.717) is 16.6 Å². The highest BCUT2D eigenvalue weighted by molar-refractivity contribution is 6.31. The quantitative estimate of drug-likeness (QED) is 0.920. The topological polar surface area (TPSA) is 47.3 Å². The highest BCUT2D eigenvalue weighted by Gasteiger charge is 2.43. The Morgan fingerprint density at radius 1 is 1.56 bits per heavy atom. The van der Waals surface area contributed by atoms with Crippen LogP contribution in [0.3, 0.4) is 0 Å². The minimum Gasteiger partial charge on any atom is -0.384 e. The molecule has 4 nitrogen and oxygen atoms in total. The molecule has 0 amide bonds. The van der Waals surface area contributed by atoms with Gasteiger partial charge in [0.2, 0.25) is 0 Å². The van der Waals surface area contributed by atoms with Crippen LogP contribution in [-0.4, -0.2) is 27.6 Å². The number of hydrogen-bond donors (Lipinski definition) is 1. The van der Waals surface area contributed by atoms with Gasteiger partial charge in [0.15, 0.2) is 0 Å². The molecule has 0 bridgehead atoms. The molecule has 2 rings (SSSR count). The van der Waals surface area contributed by atoms with Crippen LogP contribution in [0.5, 0.6) is 0 Å². The van der Waals surface area contributed by atoms with Crippen molar-refractivity contribution in [1.82, 2.24) is 9.78 Å². The molecule has 1 aliphatic carbocycles. The van der Waals surface area contributed by atoms with Crippen molar-refractivity contribution in [3.63, 3.8) is 0 Å². The molecule has 0 aliphatic heterocycles. The van der Waals surface area contributed by atoms with E-state index in [1.54, 1.807) is 25.0 Å². The first-order chi connectivity index (χ1) is 8.50. The zero-order valence-electron chi connectivity index (χ0n) is 11.2. The fourth-order valence-electron chi connectivity index (χ4n) is 2.82. The Labute approximate surface area is 113 Å². The van der Waals surface area contributed by atoms with Crippen molar-refractivity contribution in [1.29, 1.82) is 0 Å². The summed E-state index contributed by atoms with van der Waals surface area (Å²) in [5, 5.41) is 15.2. The van der Waals surface area contributed by atoms with Gasteiger partial charge in [-0.25, -0.2) is 0 Å². The fourth-order valence-corrected chi connectivity index (χ4v) is 3.09. The Morgan fingerprint density at radius 2 is 2.17 bits per heavy atom. The maximum atomic E-state index is 10.7. The predicted octanol–water partition coefficient (Wildman–Crippen LogP) is 2.70. The van der Waals surface area contributed by atoms with Gasteiger partial charge in [0.05, 0.1) is 22.5 Å². The Bertz CT molecular complexity index is 392. The third-order valence-electron chi connectivity index (χ3n) is 4.22. The van der Waals surface area contributed by atoms with Gasteiger partial charge in [0.25, 0.3) is 0 Å². The molecule has 0 saturated heterocycles. The van der Waals surface area contributed by atoms with Gasteiger partial charge in [-0.3, -0.25) is 4.68 Å². The standard InChI is InChI=1S/C13H21ClN2O2/c1-9-4-6-13(18-3,7-5-9)12(17)11-10(14)8-15-16(11)2/h8-9,12,17H,4-7H2,1-3H3. The van der Waals surface area contributed by atoms with Gasteiger partial charge in [0, 0.05) is 14.2 Å². The summed E-state index contributed by atoms with van der Waals surface area (Å²) in [4.78, 5) is 0. The van der Waals surface area contributed by atoms with Crippen LogP contribution in [-0.2, 0) is 11.8 Å². The lowest BCUT2D eigenvalue weighted by Gasteiger charge is -2.41. The maximum Gasteiger partial charge on any atom is 0.126 e. The lowest BCUT2D eigenvalue weighted by atomic mass is 9.75. The number of aliphatic hydroxyl groups excluding tert-OH is 1. The number of hydrogen-bond acceptors (Lipinski definition) is 3. The largest absolute Gasteiger partial charge is 0.384 e. The number of ether oxygens (including phenoxy) is 1. The van der Waals surface area contributed by atoms with Gasteiger partial charge in [0.1, 0.15) is 6.10 Å². The molecule has 1 heterocycles. The monoisotopic (exact) mass is 272 g/mol. The number of methoxy groups -OCH3 is 1. The van der Waals surface area contributed by atoms with Gasteiger partial charge in [-0.05, 0) is 31.6 Å². The minimum atomic E-state index is -0.727. The molecule has 5 heteroatoms. The number of aryl methyl sites for hydroxylation is 1. The molecule has 0 aromatic carbocycles. The van der Waals surface area contributed by atoms with Gasteiger partial charge in [-0.15, -0.1) is 0 Å². The molecule has 18 heavy (non-hydrogen) atoms. The minimum absolute atomic E-state index is 0.500. The lowest BCUT2D eigenvalue weighted by molar-refractivity contribution is -0.132. The average Bonchev–Trinajstić information content (AvgIpc) is 2.70. The van der Waals surface area contributed by atoms with E-state index in [1.165, 1.54) is 0 Å². The van der Waals surface area contributed by atoms with Crippen molar-refractivity contribution < 1.29 is 9.84 Å². The van der Waals surface area contributed by atoms with E-state index in [0.717, 1.165) is 25.7 Å². The summed E-state index contributed by atoms with van der Waals surface area (Å²) in [5.74, 6) is 0.697.